The molecule has 0 bridgehead atoms. The number of nitrogens with two attached hydrogens (primary N) is 1. The number of carbonyl (C=O) groups is 1. The van der Waals surface area contributed by atoms with Gasteiger partial charge in [0.05, 0.1) is 11.7 Å². The van der Waals surface area contributed by atoms with Crippen LogP contribution in [-0.2, 0) is 14.6 Å². The van der Waals surface area contributed by atoms with Crippen LogP contribution in [0.5, 0.6) is 0 Å². The Morgan fingerprint density at radius 3 is 2.56 bits per heavy atom. The summed E-state index contributed by atoms with van der Waals surface area (Å²) in [6.45, 7) is 0.181. The van der Waals surface area contributed by atoms with E-state index in [1.54, 1.807) is 0 Å². The number of amides is 1. The predicted molar refractivity (Wildman–Crippen MR) is 62.7 cm³/mol. The first-order valence-corrected chi connectivity index (χ1v) is 7.67. The smallest absolute Gasteiger partial charge is 0.224 e. The van der Waals surface area contributed by atoms with Crippen molar-refractivity contribution < 1.29 is 13.2 Å². The van der Waals surface area contributed by atoms with Gasteiger partial charge in [-0.25, -0.2) is 8.42 Å². The molecule has 1 amide bonds. The van der Waals surface area contributed by atoms with E-state index in [1.807, 2.05) is 0 Å². The maximum atomic E-state index is 11.7. The molecule has 0 aromatic heterocycles. The van der Waals surface area contributed by atoms with Crippen molar-refractivity contribution in [2.75, 3.05) is 18.6 Å². The summed E-state index contributed by atoms with van der Waals surface area (Å²) in [6.07, 6.45) is 4.95. The van der Waals surface area contributed by atoms with E-state index < -0.39 is 9.84 Å². The van der Waals surface area contributed by atoms with E-state index in [1.165, 1.54) is 0 Å². The molecule has 5 nitrogen and oxygen atoms in total. The molecule has 0 heterocycles. The lowest BCUT2D eigenvalue weighted by Crippen LogP contribution is -2.44. The Hall–Kier alpha value is -0.620. The van der Waals surface area contributed by atoms with Gasteiger partial charge < -0.3 is 11.1 Å². The van der Waals surface area contributed by atoms with Gasteiger partial charge in [0.1, 0.15) is 9.84 Å². The molecule has 1 saturated carbocycles. The second-order valence-electron chi connectivity index (χ2n) is 4.48. The van der Waals surface area contributed by atoms with Gasteiger partial charge in [0, 0.05) is 18.8 Å². The monoisotopic (exact) mass is 248 g/mol. The van der Waals surface area contributed by atoms with E-state index in [0.717, 1.165) is 31.9 Å². The Labute approximate surface area is 96.7 Å². The number of rotatable bonds is 4. The average molecular weight is 248 g/mol. The third-order valence-electron chi connectivity index (χ3n) is 2.93. The highest BCUT2D eigenvalue weighted by Gasteiger charge is 2.27. The van der Waals surface area contributed by atoms with Crippen molar-refractivity contribution in [3.8, 4) is 0 Å². The van der Waals surface area contributed by atoms with Gasteiger partial charge in [-0.05, 0) is 12.8 Å². The number of hydrogen-bond acceptors (Lipinski definition) is 4. The van der Waals surface area contributed by atoms with Crippen molar-refractivity contribution in [1.82, 2.24) is 5.32 Å². The molecule has 0 aromatic rings. The van der Waals surface area contributed by atoms with E-state index in [9.17, 15) is 13.2 Å². The van der Waals surface area contributed by atoms with Crippen LogP contribution >= 0.6 is 0 Å². The zero-order valence-corrected chi connectivity index (χ0v) is 10.4. The topological polar surface area (TPSA) is 89.3 Å². The molecule has 1 rings (SSSR count). The lowest BCUT2D eigenvalue weighted by atomic mass is 9.84. The molecule has 6 heteroatoms. The normalized spacial score (nSPS) is 26.4. The van der Waals surface area contributed by atoms with Crippen molar-refractivity contribution in [1.29, 1.82) is 0 Å². The molecular weight excluding hydrogens is 228 g/mol. The minimum atomic E-state index is -3.01. The van der Waals surface area contributed by atoms with Gasteiger partial charge in [0.25, 0.3) is 0 Å². The molecule has 2 unspecified atom stereocenters. The van der Waals surface area contributed by atoms with Gasteiger partial charge in [-0.15, -0.1) is 0 Å². The molecule has 94 valence electrons. The van der Waals surface area contributed by atoms with E-state index in [-0.39, 0.29) is 30.2 Å². The summed E-state index contributed by atoms with van der Waals surface area (Å²) in [7, 11) is -3.01. The van der Waals surface area contributed by atoms with E-state index in [2.05, 4.69) is 5.32 Å². The summed E-state index contributed by atoms with van der Waals surface area (Å²) >= 11 is 0. The average Bonchev–Trinajstić information content (AvgIpc) is 2.16. The first-order valence-electron chi connectivity index (χ1n) is 5.61. The van der Waals surface area contributed by atoms with Crippen LogP contribution in [0.1, 0.15) is 25.7 Å². The van der Waals surface area contributed by atoms with Gasteiger partial charge >= 0.3 is 0 Å². The number of hydrogen-bond donors (Lipinski definition) is 2. The maximum Gasteiger partial charge on any atom is 0.224 e. The molecular formula is C10H20N2O3S. The van der Waals surface area contributed by atoms with Crippen LogP contribution in [0.15, 0.2) is 0 Å². The SMILES string of the molecule is CS(=O)(=O)CCNC(=O)C1CCCCC1N. The number of nitrogens with one attached hydrogen (secondary N) is 1. The van der Waals surface area contributed by atoms with E-state index in [0.29, 0.717) is 0 Å². The minimum Gasteiger partial charge on any atom is -0.355 e. The second kappa shape index (κ2) is 5.63. The number of sulfone groups is 1. The van der Waals surface area contributed by atoms with E-state index >= 15 is 0 Å². The fraction of sp³-hybridized carbons (Fsp3) is 0.900. The standard InChI is InChI=1S/C10H20N2O3S/c1-16(14,15)7-6-12-10(13)8-4-2-3-5-9(8)11/h8-9H,2-7,11H2,1H3,(H,12,13). The summed E-state index contributed by atoms with van der Waals surface area (Å²) in [5.41, 5.74) is 5.86. The quantitative estimate of drug-likeness (QED) is 0.712. The molecule has 2 atom stereocenters. The summed E-state index contributed by atoms with van der Waals surface area (Å²) in [5, 5.41) is 2.64. The Bertz CT molecular complexity index is 340. The molecule has 1 aliphatic carbocycles. The van der Waals surface area contributed by atoms with Crippen LogP contribution in [0.4, 0.5) is 0 Å². The summed E-state index contributed by atoms with van der Waals surface area (Å²) in [6, 6.07) is -0.0769. The van der Waals surface area contributed by atoms with Crippen molar-refractivity contribution in [3.05, 3.63) is 0 Å². The molecule has 0 aliphatic heterocycles. The van der Waals surface area contributed by atoms with Crippen LogP contribution in [0, 0.1) is 5.92 Å². The summed E-state index contributed by atoms with van der Waals surface area (Å²) in [5.74, 6) is -0.259. The van der Waals surface area contributed by atoms with Crippen molar-refractivity contribution in [2.24, 2.45) is 11.7 Å². The van der Waals surface area contributed by atoms with Crippen LogP contribution in [0.3, 0.4) is 0 Å². The van der Waals surface area contributed by atoms with Gasteiger partial charge in [-0.2, -0.15) is 0 Å². The third-order valence-corrected chi connectivity index (χ3v) is 3.87. The lowest BCUT2D eigenvalue weighted by Gasteiger charge is -2.27. The number of carbonyl (C=O) groups excluding carboxylic acids is 1. The zero-order chi connectivity index (χ0) is 12.2. The zero-order valence-electron chi connectivity index (χ0n) is 9.61. The second-order valence-corrected chi connectivity index (χ2v) is 6.74. The van der Waals surface area contributed by atoms with Gasteiger partial charge in [0.2, 0.25) is 5.91 Å². The first kappa shape index (κ1) is 13.4. The van der Waals surface area contributed by atoms with Crippen molar-refractivity contribution >= 4 is 15.7 Å². The highest BCUT2D eigenvalue weighted by Crippen LogP contribution is 2.22. The lowest BCUT2D eigenvalue weighted by molar-refractivity contribution is -0.126. The van der Waals surface area contributed by atoms with Gasteiger partial charge in [-0.1, -0.05) is 12.8 Å². The van der Waals surface area contributed by atoms with Crippen LogP contribution in [0.2, 0.25) is 0 Å². The highest BCUT2D eigenvalue weighted by atomic mass is 32.2. The summed E-state index contributed by atoms with van der Waals surface area (Å²) in [4.78, 5) is 11.7. The fourth-order valence-corrected chi connectivity index (χ4v) is 2.45. The molecule has 3 N–H and O–H groups in total. The van der Waals surface area contributed by atoms with Crippen LogP contribution in [0.25, 0.3) is 0 Å². The molecule has 0 spiro atoms. The molecule has 0 saturated heterocycles. The Kier molecular flexibility index (Phi) is 4.73. The predicted octanol–water partition coefficient (Wildman–Crippen LogP) is -0.335. The van der Waals surface area contributed by atoms with Gasteiger partial charge in [-0.3, -0.25) is 4.79 Å². The molecule has 0 radical (unpaired) electrons. The molecule has 16 heavy (non-hydrogen) atoms. The van der Waals surface area contributed by atoms with Crippen LogP contribution in [-0.4, -0.2) is 38.9 Å². The Morgan fingerprint density at radius 1 is 1.38 bits per heavy atom. The fourth-order valence-electron chi connectivity index (χ4n) is 1.98. The maximum absolute atomic E-state index is 11.7. The summed E-state index contributed by atoms with van der Waals surface area (Å²) < 4.78 is 21.8. The van der Waals surface area contributed by atoms with Crippen molar-refractivity contribution in [2.45, 2.75) is 31.7 Å². The van der Waals surface area contributed by atoms with Crippen molar-refractivity contribution in [3.63, 3.8) is 0 Å². The molecule has 0 aromatic carbocycles. The highest BCUT2D eigenvalue weighted by molar-refractivity contribution is 7.90. The third kappa shape index (κ3) is 4.49. The largest absolute Gasteiger partial charge is 0.355 e. The molecule has 1 aliphatic rings. The van der Waals surface area contributed by atoms with E-state index in [4.69, 9.17) is 5.73 Å². The Morgan fingerprint density at radius 2 is 2.00 bits per heavy atom. The first-order chi connectivity index (χ1) is 7.40. The minimum absolute atomic E-state index is 0.0132. The van der Waals surface area contributed by atoms with Gasteiger partial charge in [0.15, 0.2) is 0 Å². The molecule has 1 fully saturated rings. The Balaban J connectivity index is 2.34. The van der Waals surface area contributed by atoms with Crippen LogP contribution < -0.4 is 11.1 Å².